The molecule has 0 aliphatic heterocycles. The van der Waals surface area contributed by atoms with Crippen molar-refractivity contribution in [1.82, 2.24) is 15.1 Å². The molecular formula is C16H20N4O2. The molecule has 0 saturated carbocycles. The topological polar surface area (TPSA) is 79.2 Å². The van der Waals surface area contributed by atoms with Gasteiger partial charge in [0.1, 0.15) is 6.54 Å². The molecule has 2 aromatic rings. The van der Waals surface area contributed by atoms with Crippen molar-refractivity contribution in [2.24, 2.45) is 0 Å². The number of amides is 1. The molecule has 1 aromatic carbocycles. The normalized spacial score (nSPS) is 16.3. The first-order valence-corrected chi connectivity index (χ1v) is 7.50. The SMILES string of the molecule is O=C(Cn1cc(NC2CCc3ccccc32)cn1)NCCO. The van der Waals surface area contributed by atoms with Crippen LogP contribution in [0.5, 0.6) is 0 Å². The third-order valence-corrected chi connectivity index (χ3v) is 3.85. The number of fused-ring (bicyclic) bond motifs is 1. The average Bonchev–Trinajstić information content (AvgIpc) is 3.13. The number of carbonyl (C=O) groups excluding carboxylic acids is 1. The van der Waals surface area contributed by atoms with E-state index in [-0.39, 0.29) is 25.6 Å². The zero-order valence-electron chi connectivity index (χ0n) is 12.3. The third kappa shape index (κ3) is 3.28. The summed E-state index contributed by atoms with van der Waals surface area (Å²) in [7, 11) is 0. The Balaban J connectivity index is 1.60. The minimum absolute atomic E-state index is 0.0568. The molecule has 1 aromatic heterocycles. The van der Waals surface area contributed by atoms with Gasteiger partial charge in [-0.1, -0.05) is 24.3 Å². The summed E-state index contributed by atoms with van der Waals surface area (Å²) >= 11 is 0. The summed E-state index contributed by atoms with van der Waals surface area (Å²) in [5.74, 6) is -0.157. The quantitative estimate of drug-likeness (QED) is 0.746. The van der Waals surface area contributed by atoms with Crippen LogP contribution in [0.3, 0.4) is 0 Å². The fourth-order valence-electron chi connectivity index (χ4n) is 2.83. The van der Waals surface area contributed by atoms with E-state index in [2.05, 4.69) is 40.0 Å². The number of anilines is 1. The van der Waals surface area contributed by atoms with Gasteiger partial charge in [-0.3, -0.25) is 9.48 Å². The van der Waals surface area contributed by atoms with Crippen molar-refractivity contribution in [3.63, 3.8) is 0 Å². The second-order valence-corrected chi connectivity index (χ2v) is 5.43. The van der Waals surface area contributed by atoms with Crippen LogP contribution in [0.2, 0.25) is 0 Å². The molecule has 0 fully saturated rings. The van der Waals surface area contributed by atoms with Crippen LogP contribution >= 0.6 is 0 Å². The third-order valence-electron chi connectivity index (χ3n) is 3.85. The van der Waals surface area contributed by atoms with Gasteiger partial charge in [0.2, 0.25) is 5.91 Å². The Kier molecular flexibility index (Phi) is 4.39. The molecule has 0 radical (unpaired) electrons. The van der Waals surface area contributed by atoms with E-state index in [9.17, 15) is 4.79 Å². The minimum atomic E-state index is -0.157. The number of benzene rings is 1. The van der Waals surface area contributed by atoms with Crippen molar-refractivity contribution in [1.29, 1.82) is 0 Å². The van der Waals surface area contributed by atoms with Gasteiger partial charge in [0, 0.05) is 12.7 Å². The summed E-state index contributed by atoms with van der Waals surface area (Å²) in [5.41, 5.74) is 3.66. The van der Waals surface area contributed by atoms with Gasteiger partial charge in [-0.25, -0.2) is 0 Å². The number of nitrogens with one attached hydrogen (secondary N) is 2. The summed E-state index contributed by atoms with van der Waals surface area (Å²) in [6, 6.07) is 8.77. The van der Waals surface area contributed by atoms with Gasteiger partial charge in [0.05, 0.1) is 24.5 Å². The number of aliphatic hydroxyl groups is 1. The molecule has 1 amide bonds. The zero-order valence-corrected chi connectivity index (χ0v) is 12.3. The van der Waals surface area contributed by atoms with E-state index in [4.69, 9.17) is 5.11 Å². The number of hydrogen-bond donors (Lipinski definition) is 3. The first-order valence-electron chi connectivity index (χ1n) is 7.50. The van der Waals surface area contributed by atoms with Gasteiger partial charge in [-0.15, -0.1) is 0 Å². The molecule has 0 bridgehead atoms. The summed E-state index contributed by atoms with van der Waals surface area (Å²) in [6.45, 7) is 0.367. The van der Waals surface area contributed by atoms with Crippen molar-refractivity contribution in [2.75, 3.05) is 18.5 Å². The zero-order chi connectivity index (χ0) is 15.4. The molecule has 6 nitrogen and oxygen atoms in total. The number of aliphatic hydroxyl groups excluding tert-OH is 1. The first kappa shape index (κ1) is 14.6. The number of aryl methyl sites for hydroxylation is 1. The van der Waals surface area contributed by atoms with E-state index >= 15 is 0 Å². The summed E-state index contributed by atoms with van der Waals surface area (Å²) < 4.78 is 1.59. The van der Waals surface area contributed by atoms with Gasteiger partial charge >= 0.3 is 0 Å². The molecule has 1 atom stereocenters. The van der Waals surface area contributed by atoms with E-state index in [1.165, 1.54) is 11.1 Å². The standard InChI is InChI=1S/C16H20N4O2/c21-8-7-17-16(22)11-20-10-13(9-18-20)19-15-6-5-12-3-1-2-4-14(12)15/h1-4,9-10,15,19,21H,5-8,11H2,(H,17,22). The maximum Gasteiger partial charge on any atom is 0.241 e. The van der Waals surface area contributed by atoms with Crippen LogP contribution in [-0.2, 0) is 17.8 Å². The predicted octanol–water partition coefficient (Wildman–Crippen LogP) is 1.09. The Morgan fingerprint density at radius 3 is 3.14 bits per heavy atom. The number of aromatic nitrogens is 2. The molecule has 3 N–H and O–H groups in total. The molecule has 0 saturated heterocycles. The Labute approximate surface area is 129 Å². The molecule has 1 aliphatic carbocycles. The van der Waals surface area contributed by atoms with E-state index in [1.807, 2.05) is 6.20 Å². The lowest BCUT2D eigenvalue weighted by Crippen LogP contribution is -2.30. The number of rotatable bonds is 6. The van der Waals surface area contributed by atoms with Crippen molar-refractivity contribution < 1.29 is 9.90 Å². The highest BCUT2D eigenvalue weighted by atomic mass is 16.3. The van der Waals surface area contributed by atoms with E-state index in [0.29, 0.717) is 6.04 Å². The maximum atomic E-state index is 11.6. The molecule has 22 heavy (non-hydrogen) atoms. The van der Waals surface area contributed by atoms with Gasteiger partial charge in [0.15, 0.2) is 0 Å². The fraction of sp³-hybridized carbons (Fsp3) is 0.375. The first-order chi connectivity index (χ1) is 10.8. The van der Waals surface area contributed by atoms with Crippen LogP contribution in [0, 0.1) is 0 Å². The highest BCUT2D eigenvalue weighted by Crippen LogP contribution is 2.33. The van der Waals surface area contributed by atoms with Crippen LogP contribution in [0.4, 0.5) is 5.69 Å². The molecular weight excluding hydrogens is 280 g/mol. The molecule has 1 heterocycles. The van der Waals surface area contributed by atoms with Gasteiger partial charge in [-0.2, -0.15) is 5.10 Å². The van der Waals surface area contributed by atoms with Crippen molar-refractivity contribution in [3.8, 4) is 0 Å². The van der Waals surface area contributed by atoms with Gasteiger partial charge in [0.25, 0.3) is 0 Å². The van der Waals surface area contributed by atoms with Crippen LogP contribution in [0.25, 0.3) is 0 Å². The smallest absolute Gasteiger partial charge is 0.241 e. The second kappa shape index (κ2) is 6.62. The van der Waals surface area contributed by atoms with Gasteiger partial charge < -0.3 is 15.7 Å². The van der Waals surface area contributed by atoms with Crippen molar-refractivity contribution >= 4 is 11.6 Å². The molecule has 116 valence electrons. The Morgan fingerprint density at radius 1 is 1.41 bits per heavy atom. The summed E-state index contributed by atoms with van der Waals surface area (Å²) in [4.78, 5) is 11.6. The number of carbonyl (C=O) groups is 1. The van der Waals surface area contributed by atoms with E-state index in [0.717, 1.165) is 18.5 Å². The summed E-state index contributed by atoms with van der Waals surface area (Å²) in [6.07, 6.45) is 5.73. The van der Waals surface area contributed by atoms with E-state index in [1.54, 1.807) is 10.9 Å². The molecule has 3 rings (SSSR count). The number of nitrogens with zero attached hydrogens (tertiary/aromatic N) is 2. The largest absolute Gasteiger partial charge is 0.395 e. The average molecular weight is 300 g/mol. The van der Waals surface area contributed by atoms with Crippen LogP contribution in [-0.4, -0.2) is 33.9 Å². The van der Waals surface area contributed by atoms with Crippen LogP contribution in [0.1, 0.15) is 23.6 Å². The van der Waals surface area contributed by atoms with Crippen molar-refractivity contribution in [3.05, 3.63) is 47.8 Å². The minimum Gasteiger partial charge on any atom is -0.395 e. The lowest BCUT2D eigenvalue weighted by molar-refractivity contribution is -0.122. The predicted molar refractivity (Wildman–Crippen MR) is 83.4 cm³/mol. The fourth-order valence-corrected chi connectivity index (χ4v) is 2.83. The molecule has 1 unspecified atom stereocenters. The monoisotopic (exact) mass is 300 g/mol. The van der Waals surface area contributed by atoms with Crippen molar-refractivity contribution in [2.45, 2.75) is 25.4 Å². The molecule has 1 aliphatic rings. The summed E-state index contributed by atoms with van der Waals surface area (Å²) in [5, 5.41) is 19.0. The maximum absolute atomic E-state index is 11.6. The number of hydrogen-bond acceptors (Lipinski definition) is 4. The van der Waals surface area contributed by atoms with Crippen LogP contribution < -0.4 is 10.6 Å². The lowest BCUT2D eigenvalue weighted by Gasteiger charge is -2.13. The Morgan fingerprint density at radius 2 is 2.27 bits per heavy atom. The highest BCUT2D eigenvalue weighted by molar-refractivity contribution is 5.75. The Bertz CT molecular complexity index is 653. The van der Waals surface area contributed by atoms with Crippen LogP contribution in [0.15, 0.2) is 36.7 Å². The van der Waals surface area contributed by atoms with E-state index < -0.39 is 0 Å². The molecule has 0 spiro atoms. The Hall–Kier alpha value is -2.34. The molecule has 6 heteroatoms. The highest BCUT2D eigenvalue weighted by Gasteiger charge is 2.21. The second-order valence-electron chi connectivity index (χ2n) is 5.43. The van der Waals surface area contributed by atoms with Gasteiger partial charge in [-0.05, 0) is 24.0 Å². The lowest BCUT2D eigenvalue weighted by atomic mass is 10.1.